The van der Waals surface area contributed by atoms with Crippen molar-refractivity contribution in [1.82, 2.24) is 9.97 Å². The maximum absolute atomic E-state index is 10.1. The number of hydrogen-bond donors (Lipinski definition) is 3. The Morgan fingerprint density at radius 2 is 1.67 bits per heavy atom. The van der Waals surface area contributed by atoms with Gasteiger partial charge in [0.15, 0.2) is 6.10 Å². The molecule has 8 heteroatoms. The van der Waals surface area contributed by atoms with E-state index in [9.17, 15) is 10.2 Å². The number of hydrogen-bond acceptors (Lipinski definition) is 6. The van der Waals surface area contributed by atoms with Crippen molar-refractivity contribution in [3.8, 4) is 34.0 Å². The van der Waals surface area contributed by atoms with Gasteiger partial charge in [-0.25, -0.2) is 0 Å². The molecule has 2 saturated heterocycles. The van der Waals surface area contributed by atoms with Crippen molar-refractivity contribution in [2.24, 2.45) is 0 Å². The summed E-state index contributed by atoms with van der Waals surface area (Å²) in [7, 11) is 0. The van der Waals surface area contributed by atoms with Crippen molar-refractivity contribution in [3.05, 3.63) is 65.7 Å². The largest absolute Gasteiger partial charge is 0.507 e. The van der Waals surface area contributed by atoms with Crippen LogP contribution in [0.5, 0.6) is 11.8 Å². The van der Waals surface area contributed by atoms with E-state index in [0.29, 0.717) is 17.6 Å². The Morgan fingerprint density at radius 3 is 2.45 bits per heavy atom. The molecule has 0 amide bonds. The Bertz CT molecular complexity index is 1320. The Morgan fingerprint density at radius 1 is 0.939 bits per heavy atom. The average Bonchev–Trinajstić information content (AvgIpc) is 3.50. The number of aromatic nitrogens is 2. The highest BCUT2D eigenvalue weighted by Crippen LogP contribution is 2.36. The van der Waals surface area contributed by atoms with Crippen LogP contribution in [0.2, 0.25) is 5.02 Å². The van der Waals surface area contributed by atoms with Crippen molar-refractivity contribution in [3.63, 3.8) is 0 Å². The first-order valence-corrected chi connectivity index (χ1v) is 11.1. The number of nitrogens with one attached hydrogen (secondary N) is 1. The van der Waals surface area contributed by atoms with Gasteiger partial charge in [-0.15, -0.1) is 0 Å². The fourth-order valence-electron chi connectivity index (χ4n) is 4.52. The normalized spacial score (nSPS) is 24.3. The van der Waals surface area contributed by atoms with Gasteiger partial charge in [-0.1, -0.05) is 54.1 Å². The van der Waals surface area contributed by atoms with Crippen LogP contribution in [0, 0.1) is 0 Å². The van der Waals surface area contributed by atoms with Crippen molar-refractivity contribution in [1.29, 1.82) is 0 Å². The molecule has 168 valence electrons. The lowest BCUT2D eigenvalue weighted by Gasteiger charge is -2.15. The predicted octanol–water partition coefficient (Wildman–Crippen LogP) is 4.16. The molecule has 2 aliphatic heterocycles. The van der Waals surface area contributed by atoms with Crippen molar-refractivity contribution < 1.29 is 24.4 Å². The van der Waals surface area contributed by atoms with E-state index in [1.165, 1.54) is 0 Å². The molecular formula is C25H21ClN2O5. The second-order valence-corrected chi connectivity index (χ2v) is 8.71. The van der Waals surface area contributed by atoms with E-state index in [1.54, 1.807) is 12.1 Å². The third kappa shape index (κ3) is 3.63. The maximum Gasteiger partial charge on any atom is 0.295 e. The zero-order chi connectivity index (χ0) is 22.5. The van der Waals surface area contributed by atoms with Crippen LogP contribution in [0.3, 0.4) is 0 Å². The number of para-hydroxylation sites is 1. The number of aliphatic hydroxyl groups is 1. The average molecular weight is 465 g/mol. The van der Waals surface area contributed by atoms with E-state index in [0.717, 1.165) is 33.3 Å². The first-order chi connectivity index (χ1) is 16.1. The van der Waals surface area contributed by atoms with Gasteiger partial charge >= 0.3 is 0 Å². The van der Waals surface area contributed by atoms with Crippen molar-refractivity contribution >= 4 is 22.6 Å². The molecule has 6 rings (SSSR count). The Labute approximate surface area is 194 Å². The number of benzene rings is 3. The summed E-state index contributed by atoms with van der Waals surface area (Å²) in [5.41, 5.74) is 4.95. The summed E-state index contributed by atoms with van der Waals surface area (Å²) < 4.78 is 17.2. The predicted molar refractivity (Wildman–Crippen MR) is 124 cm³/mol. The van der Waals surface area contributed by atoms with E-state index < -0.39 is 6.10 Å². The Balaban J connectivity index is 1.27. The Hall–Kier alpha value is -3.10. The van der Waals surface area contributed by atoms with Crippen LogP contribution < -0.4 is 4.74 Å². The monoisotopic (exact) mass is 464 g/mol. The van der Waals surface area contributed by atoms with Gasteiger partial charge in [0.2, 0.25) is 0 Å². The summed E-state index contributed by atoms with van der Waals surface area (Å²) >= 11 is 6.59. The number of aromatic amines is 1. The molecule has 4 aromatic rings. The lowest BCUT2D eigenvalue weighted by Crippen LogP contribution is -2.34. The molecular weight excluding hydrogens is 444 g/mol. The molecule has 0 aliphatic carbocycles. The third-order valence-electron chi connectivity index (χ3n) is 6.20. The fraction of sp³-hybridized carbons (Fsp3) is 0.240. The molecule has 2 fully saturated rings. The highest BCUT2D eigenvalue weighted by molar-refractivity contribution is 6.34. The molecule has 3 aromatic carbocycles. The second-order valence-electron chi connectivity index (χ2n) is 8.31. The molecule has 0 unspecified atom stereocenters. The van der Waals surface area contributed by atoms with Gasteiger partial charge in [-0.2, -0.15) is 4.98 Å². The lowest BCUT2D eigenvalue weighted by molar-refractivity contribution is 0.00706. The molecule has 33 heavy (non-hydrogen) atoms. The first kappa shape index (κ1) is 20.5. The molecule has 4 atom stereocenters. The number of rotatable bonds is 4. The minimum atomic E-state index is -0.627. The highest BCUT2D eigenvalue weighted by atomic mass is 35.5. The quantitative estimate of drug-likeness (QED) is 0.419. The van der Waals surface area contributed by atoms with Crippen LogP contribution >= 0.6 is 11.6 Å². The van der Waals surface area contributed by atoms with Gasteiger partial charge in [0.05, 0.1) is 29.3 Å². The van der Waals surface area contributed by atoms with Gasteiger partial charge in [0.1, 0.15) is 24.1 Å². The number of H-pyrrole nitrogens is 1. The van der Waals surface area contributed by atoms with Gasteiger partial charge in [-0.3, -0.25) is 0 Å². The van der Waals surface area contributed by atoms with Gasteiger partial charge in [0, 0.05) is 11.1 Å². The molecule has 1 aromatic heterocycles. The number of nitrogens with zero attached hydrogens (tertiary/aromatic N) is 1. The van der Waals surface area contributed by atoms with Crippen LogP contribution in [0.4, 0.5) is 0 Å². The topological polar surface area (TPSA) is 96.8 Å². The van der Waals surface area contributed by atoms with E-state index in [2.05, 4.69) is 9.97 Å². The van der Waals surface area contributed by atoms with Crippen LogP contribution in [0.1, 0.15) is 0 Å². The number of aliphatic hydroxyl groups excluding tert-OH is 1. The summed E-state index contributed by atoms with van der Waals surface area (Å²) in [6.07, 6.45) is -1.64. The summed E-state index contributed by atoms with van der Waals surface area (Å²) in [4.78, 5) is 7.72. The zero-order valence-corrected chi connectivity index (χ0v) is 18.2. The van der Waals surface area contributed by atoms with Crippen molar-refractivity contribution in [2.45, 2.75) is 24.4 Å². The molecule has 0 saturated carbocycles. The lowest BCUT2D eigenvalue weighted by atomic mass is 9.99. The molecule has 7 nitrogen and oxygen atoms in total. The Kier molecular flexibility index (Phi) is 4.99. The van der Waals surface area contributed by atoms with Crippen molar-refractivity contribution in [2.75, 3.05) is 13.2 Å². The summed E-state index contributed by atoms with van der Waals surface area (Å²) in [5, 5.41) is 20.6. The van der Waals surface area contributed by atoms with Crippen LogP contribution in [0.15, 0.2) is 60.7 Å². The first-order valence-electron chi connectivity index (χ1n) is 10.7. The summed E-state index contributed by atoms with van der Waals surface area (Å²) in [5.74, 6) is 0.241. The van der Waals surface area contributed by atoms with E-state index in [1.807, 2.05) is 48.5 Å². The van der Waals surface area contributed by atoms with E-state index in [-0.39, 0.29) is 30.7 Å². The third-order valence-corrected chi connectivity index (χ3v) is 6.52. The summed E-state index contributed by atoms with van der Waals surface area (Å²) in [6, 6.07) is 19.2. The maximum atomic E-state index is 10.1. The van der Waals surface area contributed by atoms with Gasteiger partial charge in [0.25, 0.3) is 6.01 Å². The van der Waals surface area contributed by atoms with Crippen LogP contribution in [0.25, 0.3) is 33.3 Å². The van der Waals surface area contributed by atoms with Gasteiger partial charge in [-0.05, 0) is 29.3 Å². The SMILES string of the molecule is Oc1ccccc1-c1ccc(-c2cc3nc(O[C@@H]4CO[C@H]5[C@@H]4OC[C@H]5O)[nH]c3cc2Cl)cc1. The standard InChI is InChI=1S/C25H21ClN2O5/c26-17-10-19-18(27-25(28-19)33-22-12-32-23-21(30)11-31-24(22)23)9-16(17)14-7-5-13(6-8-14)15-3-1-2-4-20(15)29/h1-10,21-24,29-30H,11-12H2,(H,27,28)/t21-,22-,23-,24-/m1/s1. The van der Waals surface area contributed by atoms with E-state index in [4.69, 9.17) is 25.8 Å². The van der Waals surface area contributed by atoms with Gasteiger partial charge < -0.3 is 29.4 Å². The summed E-state index contributed by atoms with van der Waals surface area (Å²) in [6.45, 7) is 0.579. The number of fused-ring (bicyclic) bond motifs is 2. The highest BCUT2D eigenvalue weighted by Gasteiger charge is 2.48. The number of phenols is 1. The van der Waals surface area contributed by atoms with Crippen LogP contribution in [-0.2, 0) is 9.47 Å². The number of ether oxygens (including phenoxy) is 3. The second kappa shape index (κ2) is 8.04. The number of phenolic OH excluding ortho intramolecular Hbond substituents is 1. The molecule has 0 radical (unpaired) electrons. The zero-order valence-electron chi connectivity index (χ0n) is 17.4. The van der Waals surface area contributed by atoms with Crippen LogP contribution in [-0.4, -0.2) is 57.8 Å². The minimum absolute atomic E-state index is 0.241. The fourth-order valence-corrected chi connectivity index (χ4v) is 4.79. The smallest absolute Gasteiger partial charge is 0.295 e. The molecule has 3 heterocycles. The minimum Gasteiger partial charge on any atom is -0.507 e. The molecule has 3 N–H and O–H groups in total. The number of aromatic hydroxyl groups is 1. The number of imidazole rings is 1. The van der Waals surface area contributed by atoms with E-state index >= 15 is 0 Å². The molecule has 0 spiro atoms. The molecule has 2 aliphatic rings. The molecule has 0 bridgehead atoms. The number of halogens is 1.